The number of hydrogen-bond acceptors (Lipinski definition) is 3. The SMILES string of the molecule is CCCC(C)(N)C(=O)Nc1cccc(/C=C/C(=O)O)c1. The Labute approximate surface area is 118 Å². The molecule has 0 aliphatic heterocycles. The highest BCUT2D eigenvalue weighted by atomic mass is 16.4. The quantitative estimate of drug-likeness (QED) is 0.695. The number of carboxylic acids is 1. The molecule has 0 radical (unpaired) electrons. The molecule has 0 aliphatic rings. The van der Waals surface area contributed by atoms with Crippen LogP contribution >= 0.6 is 0 Å². The lowest BCUT2D eigenvalue weighted by molar-refractivity contribution is -0.131. The number of nitrogens with one attached hydrogen (secondary N) is 1. The largest absolute Gasteiger partial charge is 0.478 e. The van der Waals surface area contributed by atoms with Crippen LogP contribution in [0.4, 0.5) is 5.69 Å². The summed E-state index contributed by atoms with van der Waals surface area (Å²) in [6.45, 7) is 3.66. The number of aliphatic carboxylic acids is 1. The van der Waals surface area contributed by atoms with Crippen LogP contribution in [-0.4, -0.2) is 22.5 Å². The Kier molecular flexibility index (Phi) is 5.46. The maximum Gasteiger partial charge on any atom is 0.328 e. The van der Waals surface area contributed by atoms with Crippen molar-refractivity contribution in [2.45, 2.75) is 32.2 Å². The van der Waals surface area contributed by atoms with Gasteiger partial charge in [0.2, 0.25) is 5.91 Å². The summed E-state index contributed by atoms with van der Waals surface area (Å²) in [5.74, 6) is -1.27. The Morgan fingerprint density at radius 2 is 2.15 bits per heavy atom. The van der Waals surface area contributed by atoms with Crippen molar-refractivity contribution in [3.8, 4) is 0 Å². The molecule has 1 atom stereocenters. The van der Waals surface area contributed by atoms with Gasteiger partial charge >= 0.3 is 5.97 Å². The van der Waals surface area contributed by atoms with Crippen LogP contribution in [0.2, 0.25) is 0 Å². The van der Waals surface area contributed by atoms with Crippen LogP contribution in [0.25, 0.3) is 6.08 Å². The van der Waals surface area contributed by atoms with Gasteiger partial charge in [-0.15, -0.1) is 0 Å². The van der Waals surface area contributed by atoms with E-state index >= 15 is 0 Å². The van der Waals surface area contributed by atoms with E-state index in [1.807, 2.05) is 6.92 Å². The second-order valence-electron chi connectivity index (χ2n) is 4.92. The molecule has 0 spiro atoms. The third-order valence-electron chi connectivity index (χ3n) is 2.85. The molecule has 0 saturated carbocycles. The molecule has 5 nitrogen and oxygen atoms in total. The molecule has 0 bridgehead atoms. The second kappa shape index (κ2) is 6.86. The first-order chi connectivity index (χ1) is 9.35. The van der Waals surface area contributed by atoms with Crippen molar-refractivity contribution in [3.63, 3.8) is 0 Å². The van der Waals surface area contributed by atoms with E-state index in [-0.39, 0.29) is 5.91 Å². The average molecular weight is 276 g/mol. The first-order valence-corrected chi connectivity index (χ1v) is 6.46. The molecule has 0 heterocycles. The predicted octanol–water partition coefficient (Wildman–Crippen LogP) is 2.24. The van der Waals surface area contributed by atoms with Gasteiger partial charge in [-0.25, -0.2) is 4.79 Å². The highest BCUT2D eigenvalue weighted by Crippen LogP contribution is 2.16. The first kappa shape index (κ1) is 15.9. The third-order valence-corrected chi connectivity index (χ3v) is 2.85. The zero-order valence-electron chi connectivity index (χ0n) is 11.7. The lowest BCUT2D eigenvalue weighted by Crippen LogP contribution is -2.48. The molecule has 0 fully saturated rings. The van der Waals surface area contributed by atoms with Crippen LogP contribution in [0, 0.1) is 0 Å². The van der Waals surface area contributed by atoms with Gasteiger partial charge in [0.05, 0.1) is 5.54 Å². The summed E-state index contributed by atoms with van der Waals surface area (Å²) in [6, 6.07) is 6.92. The molecule has 1 unspecified atom stereocenters. The zero-order chi connectivity index (χ0) is 15.2. The minimum Gasteiger partial charge on any atom is -0.478 e. The van der Waals surface area contributed by atoms with E-state index in [0.717, 1.165) is 12.5 Å². The number of anilines is 1. The minimum atomic E-state index is -1.02. The molecular formula is C15H20N2O3. The maximum atomic E-state index is 12.1. The molecule has 0 aliphatic carbocycles. The first-order valence-electron chi connectivity index (χ1n) is 6.46. The lowest BCUT2D eigenvalue weighted by atomic mass is 9.96. The van der Waals surface area contributed by atoms with Gasteiger partial charge in [0.25, 0.3) is 0 Å². The summed E-state index contributed by atoms with van der Waals surface area (Å²) in [5.41, 5.74) is 6.32. The lowest BCUT2D eigenvalue weighted by Gasteiger charge is -2.22. The Balaban J connectivity index is 2.81. The number of carbonyl (C=O) groups excluding carboxylic acids is 1. The highest BCUT2D eigenvalue weighted by molar-refractivity contribution is 5.97. The van der Waals surface area contributed by atoms with Gasteiger partial charge in [0, 0.05) is 11.8 Å². The van der Waals surface area contributed by atoms with Crippen molar-refractivity contribution >= 4 is 23.6 Å². The van der Waals surface area contributed by atoms with E-state index in [2.05, 4.69) is 5.32 Å². The highest BCUT2D eigenvalue weighted by Gasteiger charge is 2.27. The monoisotopic (exact) mass is 276 g/mol. The van der Waals surface area contributed by atoms with Crippen LogP contribution in [0.15, 0.2) is 30.3 Å². The van der Waals surface area contributed by atoms with Gasteiger partial charge in [-0.05, 0) is 37.1 Å². The van der Waals surface area contributed by atoms with Crippen molar-refractivity contribution in [1.82, 2.24) is 0 Å². The van der Waals surface area contributed by atoms with Gasteiger partial charge in [-0.2, -0.15) is 0 Å². The summed E-state index contributed by atoms with van der Waals surface area (Å²) < 4.78 is 0. The van der Waals surface area contributed by atoms with Crippen molar-refractivity contribution in [2.75, 3.05) is 5.32 Å². The van der Waals surface area contributed by atoms with Crippen LogP contribution in [0.3, 0.4) is 0 Å². The van der Waals surface area contributed by atoms with E-state index in [4.69, 9.17) is 10.8 Å². The number of carboxylic acid groups (broad SMARTS) is 1. The van der Waals surface area contributed by atoms with Crippen molar-refractivity contribution in [3.05, 3.63) is 35.9 Å². The van der Waals surface area contributed by atoms with E-state index in [9.17, 15) is 9.59 Å². The Hall–Kier alpha value is -2.14. The van der Waals surface area contributed by atoms with Crippen LogP contribution in [0.1, 0.15) is 32.3 Å². The Bertz CT molecular complexity index is 522. The molecular weight excluding hydrogens is 256 g/mol. The number of benzene rings is 1. The molecule has 1 aromatic rings. The molecule has 1 amide bonds. The fraction of sp³-hybridized carbons (Fsp3) is 0.333. The third kappa shape index (κ3) is 4.85. The predicted molar refractivity (Wildman–Crippen MR) is 79.2 cm³/mol. The van der Waals surface area contributed by atoms with Crippen molar-refractivity contribution in [1.29, 1.82) is 0 Å². The molecule has 0 aromatic heterocycles. The number of amides is 1. The van der Waals surface area contributed by atoms with Gasteiger partial charge < -0.3 is 16.2 Å². The smallest absolute Gasteiger partial charge is 0.328 e. The molecule has 1 rings (SSSR count). The average Bonchev–Trinajstić information content (AvgIpc) is 2.36. The van der Waals surface area contributed by atoms with E-state index in [0.29, 0.717) is 17.7 Å². The minimum absolute atomic E-state index is 0.251. The van der Waals surface area contributed by atoms with E-state index < -0.39 is 11.5 Å². The maximum absolute atomic E-state index is 12.1. The number of carbonyl (C=O) groups is 2. The molecule has 5 heteroatoms. The van der Waals surface area contributed by atoms with Gasteiger partial charge in [0.1, 0.15) is 0 Å². The Morgan fingerprint density at radius 3 is 2.75 bits per heavy atom. The number of nitrogens with two attached hydrogens (primary N) is 1. The normalized spacial score (nSPS) is 13.9. The summed E-state index contributed by atoms with van der Waals surface area (Å²) in [4.78, 5) is 22.5. The van der Waals surface area contributed by atoms with Crippen LogP contribution in [0.5, 0.6) is 0 Å². The molecule has 20 heavy (non-hydrogen) atoms. The molecule has 4 N–H and O–H groups in total. The summed E-state index contributed by atoms with van der Waals surface area (Å²) >= 11 is 0. The van der Waals surface area contributed by atoms with Gasteiger partial charge in [-0.3, -0.25) is 4.79 Å². The molecule has 0 saturated heterocycles. The van der Waals surface area contributed by atoms with E-state index in [1.165, 1.54) is 6.08 Å². The zero-order valence-corrected chi connectivity index (χ0v) is 11.7. The standard InChI is InChI=1S/C15H20N2O3/c1-3-9-15(2,16)14(20)17-12-6-4-5-11(10-12)7-8-13(18)19/h4-8,10H,3,9,16H2,1-2H3,(H,17,20)(H,18,19)/b8-7+. The molecule has 108 valence electrons. The van der Waals surface area contributed by atoms with Gasteiger partial charge in [0.15, 0.2) is 0 Å². The number of rotatable bonds is 6. The topological polar surface area (TPSA) is 92.4 Å². The summed E-state index contributed by atoms with van der Waals surface area (Å²) in [5, 5.41) is 11.3. The fourth-order valence-electron chi connectivity index (χ4n) is 1.79. The van der Waals surface area contributed by atoms with Crippen molar-refractivity contribution < 1.29 is 14.7 Å². The van der Waals surface area contributed by atoms with Gasteiger partial charge in [-0.1, -0.05) is 25.5 Å². The second-order valence-corrected chi connectivity index (χ2v) is 4.92. The van der Waals surface area contributed by atoms with E-state index in [1.54, 1.807) is 31.2 Å². The van der Waals surface area contributed by atoms with Crippen molar-refractivity contribution in [2.24, 2.45) is 5.73 Å². The summed E-state index contributed by atoms with van der Waals surface area (Å²) in [6.07, 6.45) is 3.93. The summed E-state index contributed by atoms with van der Waals surface area (Å²) in [7, 11) is 0. The number of hydrogen-bond donors (Lipinski definition) is 3. The van der Waals surface area contributed by atoms with Crippen LogP contribution < -0.4 is 11.1 Å². The molecule has 1 aromatic carbocycles. The van der Waals surface area contributed by atoms with Crippen LogP contribution in [-0.2, 0) is 9.59 Å². The fourth-order valence-corrected chi connectivity index (χ4v) is 1.79. The Morgan fingerprint density at radius 1 is 1.45 bits per heavy atom.